The molecule has 0 radical (unpaired) electrons. The minimum Gasteiger partial charge on any atom is -0.496 e. The molecule has 3 heterocycles. The molecule has 2 aliphatic rings. The molecule has 0 spiro atoms. The minimum atomic E-state index is -2.74. The summed E-state index contributed by atoms with van der Waals surface area (Å²) in [7, 11) is 1.90. The first-order chi connectivity index (χ1) is 13.1. The number of hydrogen-bond donors (Lipinski definition) is 0. The predicted molar refractivity (Wildman–Crippen MR) is 103 cm³/mol. The Labute approximate surface area is 168 Å². The molecule has 0 bridgehead atoms. The Morgan fingerprint density at radius 2 is 2.11 bits per heavy atom. The molecule has 5 nitrogen and oxygen atoms in total. The number of fused-ring (bicyclic) bond motifs is 1. The van der Waals surface area contributed by atoms with Gasteiger partial charge in [-0.2, -0.15) is 0 Å². The smallest absolute Gasteiger partial charge is 0.255 e. The fourth-order valence-corrected chi connectivity index (χ4v) is 3.70. The van der Waals surface area contributed by atoms with Crippen LogP contribution in [-0.2, 0) is 11.3 Å². The molecule has 8 heteroatoms. The molecule has 152 valence electrons. The first-order valence-electron chi connectivity index (χ1n) is 9.16. The van der Waals surface area contributed by atoms with Crippen LogP contribution in [0.15, 0.2) is 35.4 Å². The van der Waals surface area contributed by atoms with Crippen LogP contribution in [-0.4, -0.2) is 52.9 Å². The van der Waals surface area contributed by atoms with Gasteiger partial charge in [-0.3, -0.25) is 4.79 Å². The van der Waals surface area contributed by atoms with Gasteiger partial charge in [-0.25, -0.2) is 13.8 Å². The van der Waals surface area contributed by atoms with E-state index in [4.69, 9.17) is 16.3 Å². The van der Waals surface area contributed by atoms with Crippen molar-refractivity contribution in [3.05, 3.63) is 51.6 Å². The largest absolute Gasteiger partial charge is 0.496 e. The van der Waals surface area contributed by atoms with Crippen molar-refractivity contribution in [2.75, 3.05) is 20.2 Å². The second kappa shape index (κ2) is 7.70. The number of amides is 1. The molecule has 3 rings (SSSR count). The zero-order chi connectivity index (χ0) is 20.6. The number of ether oxygens (including phenoxy) is 1. The van der Waals surface area contributed by atoms with Gasteiger partial charge in [0.2, 0.25) is 5.92 Å². The summed E-state index contributed by atoms with van der Waals surface area (Å²) in [5, 5.41) is 0.353. The number of halogens is 3. The van der Waals surface area contributed by atoms with Crippen molar-refractivity contribution in [2.45, 2.75) is 45.7 Å². The highest BCUT2D eigenvalue weighted by Gasteiger charge is 2.35. The van der Waals surface area contributed by atoms with Crippen LogP contribution >= 0.6 is 11.6 Å². The zero-order valence-electron chi connectivity index (χ0n) is 16.4. The summed E-state index contributed by atoms with van der Waals surface area (Å²) in [4.78, 5) is 20.6. The number of hydrogen-bond acceptors (Lipinski definition) is 4. The van der Waals surface area contributed by atoms with Gasteiger partial charge in [0, 0.05) is 36.5 Å². The number of aromatic nitrogens is 1. The maximum absolute atomic E-state index is 13.0. The van der Waals surface area contributed by atoms with E-state index in [1.165, 1.54) is 6.20 Å². The zero-order valence-corrected chi connectivity index (χ0v) is 17.2. The van der Waals surface area contributed by atoms with Crippen molar-refractivity contribution in [3.63, 3.8) is 0 Å². The third-order valence-corrected chi connectivity index (χ3v) is 5.49. The third kappa shape index (κ3) is 4.14. The van der Waals surface area contributed by atoms with Crippen LogP contribution in [0.4, 0.5) is 8.78 Å². The standard InChI is InChI=1S/C20H24ClF2N3O2/c1-12-9-16(25(4)11-17(12)28-8-6-20(3,22)23)13(2)26-10-15-14(19(26)27)5-7-24-18(15)21/h5,7,9,13H,6,8,10-11H2,1-4H3. The van der Waals surface area contributed by atoms with E-state index in [1.807, 2.05) is 31.9 Å². The van der Waals surface area contributed by atoms with E-state index >= 15 is 0 Å². The van der Waals surface area contributed by atoms with E-state index in [1.54, 1.807) is 11.0 Å². The Balaban J connectivity index is 1.76. The minimum absolute atomic E-state index is 0.0336. The van der Waals surface area contributed by atoms with Crippen LogP contribution in [0.2, 0.25) is 5.15 Å². The predicted octanol–water partition coefficient (Wildman–Crippen LogP) is 4.24. The van der Waals surface area contributed by atoms with Gasteiger partial charge in [0.05, 0.1) is 25.7 Å². The van der Waals surface area contributed by atoms with Crippen LogP contribution in [0.1, 0.15) is 43.1 Å². The summed E-state index contributed by atoms with van der Waals surface area (Å²) < 4.78 is 31.6. The van der Waals surface area contributed by atoms with Crippen LogP contribution in [0.25, 0.3) is 0 Å². The van der Waals surface area contributed by atoms with Crippen LogP contribution in [0, 0.1) is 0 Å². The van der Waals surface area contributed by atoms with Gasteiger partial charge in [0.1, 0.15) is 10.9 Å². The van der Waals surface area contributed by atoms with Crippen LogP contribution < -0.4 is 0 Å². The highest BCUT2D eigenvalue weighted by atomic mass is 35.5. The van der Waals surface area contributed by atoms with E-state index in [9.17, 15) is 13.6 Å². The second-order valence-electron chi connectivity index (χ2n) is 7.44. The number of nitrogens with zero attached hydrogens (tertiary/aromatic N) is 3. The summed E-state index contributed by atoms with van der Waals surface area (Å²) in [5.74, 6) is -2.15. The third-order valence-electron chi connectivity index (χ3n) is 5.16. The monoisotopic (exact) mass is 411 g/mol. The molecular formula is C20H24ClF2N3O2. The Bertz CT molecular complexity index is 848. The molecule has 0 fully saturated rings. The average Bonchev–Trinajstić information content (AvgIpc) is 2.94. The number of rotatable bonds is 6. The SMILES string of the molecule is CC1=C(OCCC(C)(F)F)CN(C)C(C(C)N2Cc3c(ccnc3Cl)C2=O)=C1. The van der Waals surface area contributed by atoms with Gasteiger partial charge >= 0.3 is 0 Å². The van der Waals surface area contributed by atoms with Crippen molar-refractivity contribution in [2.24, 2.45) is 0 Å². The summed E-state index contributed by atoms with van der Waals surface area (Å²) in [5.41, 5.74) is 3.17. The number of carbonyl (C=O) groups excluding carboxylic acids is 1. The van der Waals surface area contributed by atoms with Crippen molar-refractivity contribution in [1.82, 2.24) is 14.8 Å². The van der Waals surface area contributed by atoms with Crippen molar-refractivity contribution < 1.29 is 18.3 Å². The molecule has 1 unspecified atom stereocenters. The summed E-state index contributed by atoms with van der Waals surface area (Å²) >= 11 is 6.15. The summed E-state index contributed by atoms with van der Waals surface area (Å²) in [6.45, 7) is 5.58. The molecule has 1 aromatic heterocycles. The summed E-state index contributed by atoms with van der Waals surface area (Å²) in [6, 6.07) is 1.51. The molecule has 1 amide bonds. The van der Waals surface area contributed by atoms with E-state index in [-0.39, 0.29) is 25.0 Å². The molecule has 0 N–H and O–H groups in total. The number of pyridine rings is 1. The fraction of sp³-hybridized carbons (Fsp3) is 0.500. The topological polar surface area (TPSA) is 45.7 Å². The second-order valence-corrected chi connectivity index (χ2v) is 7.80. The molecule has 1 atom stereocenters. The number of carbonyl (C=O) groups is 1. The van der Waals surface area contributed by atoms with E-state index < -0.39 is 5.92 Å². The van der Waals surface area contributed by atoms with E-state index in [2.05, 4.69) is 4.98 Å². The van der Waals surface area contributed by atoms with Gasteiger partial charge in [-0.15, -0.1) is 0 Å². The Morgan fingerprint density at radius 3 is 2.75 bits per heavy atom. The van der Waals surface area contributed by atoms with Crippen LogP contribution in [0.5, 0.6) is 0 Å². The van der Waals surface area contributed by atoms with Crippen molar-refractivity contribution >= 4 is 17.5 Å². The first kappa shape index (κ1) is 20.6. The number of alkyl halides is 2. The molecular weight excluding hydrogens is 388 g/mol. The molecule has 0 saturated carbocycles. The highest BCUT2D eigenvalue weighted by molar-refractivity contribution is 6.30. The highest BCUT2D eigenvalue weighted by Crippen LogP contribution is 2.33. The number of allylic oxidation sites excluding steroid dienone is 2. The lowest BCUT2D eigenvalue weighted by Gasteiger charge is -2.36. The molecule has 28 heavy (non-hydrogen) atoms. The number of likely N-dealkylation sites (N-methyl/N-ethyl adjacent to an activating group) is 1. The Hall–Kier alpha value is -2.15. The quantitative estimate of drug-likeness (QED) is 0.657. The maximum Gasteiger partial charge on any atom is 0.255 e. The average molecular weight is 412 g/mol. The summed E-state index contributed by atoms with van der Waals surface area (Å²) in [6.07, 6.45) is 3.16. The Morgan fingerprint density at radius 1 is 1.39 bits per heavy atom. The van der Waals surface area contributed by atoms with Gasteiger partial charge in [0.25, 0.3) is 5.91 Å². The molecule has 0 saturated heterocycles. The Kier molecular flexibility index (Phi) is 5.66. The van der Waals surface area contributed by atoms with Gasteiger partial charge in [-0.05, 0) is 38.5 Å². The lowest BCUT2D eigenvalue weighted by molar-refractivity contribution is -0.00851. The molecule has 1 aromatic rings. The maximum atomic E-state index is 13.0. The molecule has 2 aliphatic heterocycles. The fourth-order valence-electron chi connectivity index (χ4n) is 3.48. The van der Waals surface area contributed by atoms with Crippen LogP contribution in [0.3, 0.4) is 0 Å². The van der Waals surface area contributed by atoms with Crippen molar-refractivity contribution in [3.8, 4) is 0 Å². The first-order valence-corrected chi connectivity index (χ1v) is 9.53. The van der Waals surface area contributed by atoms with Gasteiger partial charge < -0.3 is 14.5 Å². The molecule has 0 aromatic carbocycles. The lowest BCUT2D eigenvalue weighted by atomic mass is 10.0. The van der Waals surface area contributed by atoms with E-state index in [0.29, 0.717) is 29.6 Å². The van der Waals surface area contributed by atoms with E-state index in [0.717, 1.165) is 23.8 Å². The van der Waals surface area contributed by atoms with Gasteiger partial charge in [-0.1, -0.05) is 11.6 Å². The normalized spacial score (nSPS) is 18.4. The van der Waals surface area contributed by atoms with Gasteiger partial charge in [0.15, 0.2) is 0 Å². The molecule has 0 aliphatic carbocycles. The lowest BCUT2D eigenvalue weighted by Crippen LogP contribution is -2.41. The van der Waals surface area contributed by atoms with Crippen molar-refractivity contribution in [1.29, 1.82) is 0 Å².